The third-order valence-electron chi connectivity index (χ3n) is 11.3. The van der Waals surface area contributed by atoms with Gasteiger partial charge in [-0.1, -0.05) is 65.7 Å². The summed E-state index contributed by atoms with van der Waals surface area (Å²) in [4.78, 5) is 34.9. The van der Waals surface area contributed by atoms with Crippen LogP contribution in [-0.4, -0.2) is 70.7 Å². The summed E-state index contributed by atoms with van der Waals surface area (Å²) in [7, 11) is 3.21. The number of halogens is 2. The maximum Gasteiger partial charge on any atom is 0.307 e. The molecule has 1 amide bonds. The van der Waals surface area contributed by atoms with Gasteiger partial charge in [-0.05, 0) is 67.5 Å². The lowest BCUT2D eigenvalue weighted by Gasteiger charge is -2.20. The van der Waals surface area contributed by atoms with Crippen molar-refractivity contribution in [3.8, 4) is 34.1 Å². The summed E-state index contributed by atoms with van der Waals surface area (Å²) in [6.07, 6.45) is 4.73. The van der Waals surface area contributed by atoms with Crippen molar-refractivity contribution >= 4 is 40.9 Å². The van der Waals surface area contributed by atoms with Gasteiger partial charge in [-0.2, -0.15) is 4.98 Å². The molecule has 3 fully saturated rings. The maximum absolute atomic E-state index is 11.8. The van der Waals surface area contributed by atoms with Crippen LogP contribution in [0.1, 0.15) is 60.4 Å². The maximum atomic E-state index is 11.8. The van der Waals surface area contributed by atoms with Crippen molar-refractivity contribution in [3.63, 3.8) is 0 Å². The van der Waals surface area contributed by atoms with Gasteiger partial charge < -0.3 is 30.5 Å². The average Bonchev–Trinajstić information content (AvgIpc) is 3.51. The molecule has 4 heterocycles. The number of nitrogens with zero attached hydrogens (tertiary/aromatic N) is 3. The fourth-order valence-electron chi connectivity index (χ4n) is 8.37. The second-order valence-corrected chi connectivity index (χ2v) is 15.3. The van der Waals surface area contributed by atoms with Gasteiger partial charge in [0.1, 0.15) is 5.82 Å². The zero-order valence-corrected chi connectivity index (χ0v) is 31.2. The number of carbonyl (C=O) groups is 2. The van der Waals surface area contributed by atoms with Crippen LogP contribution in [0.4, 0.5) is 5.82 Å². The summed E-state index contributed by atoms with van der Waals surface area (Å²) in [6, 6.07) is 18.4. The number of ether oxygens (including phenoxy) is 2. The Hall–Kier alpha value is -4.42. The third-order valence-corrected chi connectivity index (χ3v) is 12.0. The van der Waals surface area contributed by atoms with E-state index in [2.05, 4.69) is 39.0 Å². The first-order valence-electron chi connectivity index (χ1n) is 18.1. The molecule has 1 unspecified atom stereocenters. The van der Waals surface area contributed by atoms with Crippen LogP contribution in [0.5, 0.6) is 11.8 Å². The van der Waals surface area contributed by atoms with E-state index >= 15 is 0 Å². The van der Waals surface area contributed by atoms with Crippen LogP contribution in [0.3, 0.4) is 0 Å². The molecule has 2 aliphatic carbocycles. The predicted octanol–water partition coefficient (Wildman–Crippen LogP) is 6.65. The van der Waals surface area contributed by atoms with Crippen molar-refractivity contribution in [2.24, 2.45) is 5.92 Å². The molecule has 2 aromatic carbocycles. The summed E-state index contributed by atoms with van der Waals surface area (Å²) in [5.74, 6) is 0.558. The number of anilines is 1. The number of aliphatic carboxylic acids is 1. The normalized spacial score (nSPS) is 23.2. The Morgan fingerprint density at radius 2 is 1.77 bits per heavy atom. The van der Waals surface area contributed by atoms with E-state index in [1.807, 2.05) is 36.4 Å². The number of hydrogen-bond donors (Lipinski definition) is 4. The molecule has 4 aromatic rings. The number of likely N-dealkylation sites (tertiary alicyclic amines) is 1. The molecule has 2 aliphatic heterocycles. The van der Waals surface area contributed by atoms with Gasteiger partial charge in [0.25, 0.3) is 0 Å². The molecule has 8 rings (SSSR count). The average molecular weight is 758 g/mol. The molecule has 0 radical (unpaired) electrons. The summed E-state index contributed by atoms with van der Waals surface area (Å²) in [5.41, 5.74) is 7.59. The largest absolute Gasteiger partial charge is 0.481 e. The van der Waals surface area contributed by atoms with Gasteiger partial charge in [0.2, 0.25) is 17.7 Å². The van der Waals surface area contributed by atoms with E-state index < -0.39 is 5.97 Å². The number of pyridine rings is 2. The lowest BCUT2D eigenvalue weighted by Crippen LogP contribution is -2.35. The molecule has 0 bridgehead atoms. The molecule has 276 valence electrons. The smallest absolute Gasteiger partial charge is 0.307 e. The number of rotatable bonds is 12. The molecular weight excluding hydrogens is 715 g/mol. The number of nitrogens with one attached hydrogen (secondary N) is 3. The monoisotopic (exact) mass is 756 g/mol. The minimum absolute atomic E-state index is 0.0232. The van der Waals surface area contributed by atoms with Crippen molar-refractivity contribution < 1.29 is 24.2 Å². The first kappa shape index (κ1) is 35.6. The zero-order chi connectivity index (χ0) is 36.9. The number of amides is 1. The van der Waals surface area contributed by atoms with E-state index in [0.717, 1.165) is 64.8 Å². The van der Waals surface area contributed by atoms with Crippen LogP contribution in [0.2, 0.25) is 10.0 Å². The summed E-state index contributed by atoms with van der Waals surface area (Å²) in [6.45, 7) is 2.29. The first-order chi connectivity index (χ1) is 25.7. The van der Waals surface area contributed by atoms with Crippen molar-refractivity contribution in [1.82, 2.24) is 25.5 Å². The van der Waals surface area contributed by atoms with E-state index in [9.17, 15) is 14.7 Å². The molecule has 2 aromatic heterocycles. The van der Waals surface area contributed by atoms with Crippen molar-refractivity contribution in [1.29, 1.82) is 0 Å². The van der Waals surface area contributed by atoms with Crippen LogP contribution in [-0.2, 0) is 29.1 Å². The molecule has 2 saturated heterocycles. The quantitative estimate of drug-likeness (QED) is 0.124. The fourth-order valence-corrected chi connectivity index (χ4v) is 8.92. The highest BCUT2D eigenvalue weighted by atomic mass is 35.5. The SMILES string of the molecule is COc1nc(-c2cccc(-c3cccc4c3CC[C@@H]4Nc3nc(OC)c(CN4CC[C@@H](C(=O)O)C4)cc3Cl)c2Cl)ccc1CNC1C[C@@]12CCC(=O)N2. The first-order valence-corrected chi connectivity index (χ1v) is 18.9. The van der Waals surface area contributed by atoms with Crippen LogP contribution in [0.15, 0.2) is 54.6 Å². The lowest BCUT2D eigenvalue weighted by molar-refractivity contribution is -0.141. The second-order valence-electron chi connectivity index (χ2n) is 14.5. The number of benzene rings is 2. The van der Waals surface area contributed by atoms with E-state index in [4.69, 9.17) is 42.6 Å². The van der Waals surface area contributed by atoms with Crippen molar-refractivity contribution in [2.75, 3.05) is 32.6 Å². The highest BCUT2D eigenvalue weighted by Gasteiger charge is 2.57. The molecule has 1 spiro atoms. The molecule has 13 heteroatoms. The summed E-state index contributed by atoms with van der Waals surface area (Å²) < 4.78 is 11.4. The number of fused-ring (bicyclic) bond motifs is 1. The van der Waals surface area contributed by atoms with Gasteiger partial charge in [0.15, 0.2) is 0 Å². The number of carboxylic acid groups (broad SMARTS) is 1. The van der Waals surface area contributed by atoms with E-state index in [0.29, 0.717) is 66.6 Å². The van der Waals surface area contributed by atoms with E-state index in [1.165, 1.54) is 5.56 Å². The van der Waals surface area contributed by atoms with Gasteiger partial charge in [0.05, 0.1) is 47.5 Å². The van der Waals surface area contributed by atoms with Crippen LogP contribution in [0.25, 0.3) is 22.4 Å². The highest BCUT2D eigenvalue weighted by molar-refractivity contribution is 6.36. The molecule has 4 aliphatic rings. The minimum Gasteiger partial charge on any atom is -0.481 e. The fraction of sp³-hybridized carbons (Fsp3) is 0.400. The minimum atomic E-state index is -0.762. The zero-order valence-electron chi connectivity index (χ0n) is 29.7. The number of methoxy groups -OCH3 is 2. The highest BCUT2D eigenvalue weighted by Crippen LogP contribution is 2.45. The van der Waals surface area contributed by atoms with Crippen molar-refractivity contribution in [3.05, 3.63) is 86.9 Å². The second kappa shape index (κ2) is 14.4. The van der Waals surface area contributed by atoms with Gasteiger partial charge in [-0.3, -0.25) is 14.5 Å². The van der Waals surface area contributed by atoms with Crippen LogP contribution in [0, 0.1) is 5.92 Å². The third kappa shape index (κ3) is 6.91. The van der Waals surface area contributed by atoms with Gasteiger partial charge >= 0.3 is 5.97 Å². The number of aromatic nitrogens is 2. The van der Waals surface area contributed by atoms with Gasteiger partial charge in [-0.15, -0.1) is 0 Å². The predicted molar refractivity (Wildman–Crippen MR) is 204 cm³/mol. The van der Waals surface area contributed by atoms with Crippen LogP contribution < -0.4 is 25.4 Å². The Morgan fingerprint density at radius 1 is 1.00 bits per heavy atom. The Morgan fingerprint density at radius 3 is 2.53 bits per heavy atom. The Bertz CT molecular complexity index is 2100. The summed E-state index contributed by atoms with van der Waals surface area (Å²) >= 11 is 14.0. The van der Waals surface area contributed by atoms with Crippen LogP contribution >= 0.6 is 23.2 Å². The number of carboxylic acids is 1. The van der Waals surface area contributed by atoms with Crippen molar-refractivity contribution in [2.45, 2.75) is 69.2 Å². The molecule has 4 atom stereocenters. The molecular formula is C40H42Cl2N6O5. The standard InChI is InChI=1S/C40H42Cl2N6O5/c1-52-37-22(19-43-33-18-40(33)15-13-34(49)47-40)9-11-32(45-37)29-8-4-7-28(35(29)42)25-5-3-6-27-26(25)10-12-31(27)44-36-30(41)17-24(38(46-36)53-2)21-48-16-14-23(20-48)39(50)51/h3-9,11,17,23,31,33,43H,10,12-16,18-21H2,1-2H3,(H,44,46)(H,47,49)(H,50,51)/t23-,31+,33?,40+/m1/s1. The van der Waals surface area contributed by atoms with Gasteiger partial charge in [-0.25, -0.2) is 4.98 Å². The number of hydrogen-bond acceptors (Lipinski definition) is 9. The van der Waals surface area contributed by atoms with Gasteiger partial charge in [0, 0.05) is 54.4 Å². The molecule has 11 nitrogen and oxygen atoms in total. The number of carbonyl (C=O) groups excluding carboxylic acids is 1. The molecule has 53 heavy (non-hydrogen) atoms. The Balaban J connectivity index is 0.994. The molecule has 4 N–H and O–H groups in total. The summed E-state index contributed by atoms with van der Waals surface area (Å²) in [5, 5.41) is 20.8. The van der Waals surface area contributed by atoms with E-state index in [-0.39, 0.29) is 29.4 Å². The lowest BCUT2D eigenvalue weighted by atomic mass is 9.94. The molecule has 1 saturated carbocycles. The topological polar surface area (TPSA) is 138 Å². The Kier molecular flexibility index (Phi) is 9.69. The van der Waals surface area contributed by atoms with E-state index in [1.54, 1.807) is 14.2 Å². The Labute approximate surface area is 318 Å².